The first kappa shape index (κ1) is 51.0. The fraction of sp³-hybridized carbons (Fsp3) is 0.467. The molecule has 7 rings (SSSR count). The zero-order valence-corrected chi connectivity index (χ0v) is 37.1. The number of esters is 1. The number of benzene rings is 3. The molecule has 376 valence electrons. The number of rotatable bonds is 15. The lowest BCUT2D eigenvalue weighted by atomic mass is 9.97. The topological polar surface area (TPSA) is 362 Å². The van der Waals surface area contributed by atoms with E-state index in [2.05, 4.69) is 0 Å². The summed E-state index contributed by atoms with van der Waals surface area (Å²) < 4.78 is 61.9. The van der Waals surface area contributed by atoms with Gasteiger partial charge in [-0.2, -0.15) is 0 Å². The largest absolute Gasteiger partial charge is 0.508 e. The second-order valence-electron chi connectivity index (χ2n) is 16.2. The van der Waals surface area contributed by atoms with Crippen LogP contribution in [0.3, 0.4) is 0 Å². The van der Waals surface area contributed by atoms with Crippen LogP contribution in [-0.2, 0) is 33.2 Å². The van der Waals surface area contributed by atoms with E-state index in [1.807, 2.05) is 0 Å². The van der Waals surface area contributed by atoms with Gasteiger partial charge in [-0.05, 0) is 55.0 Å². The molecule has 0 bridgehead atoms. The number of ether oxygens (including phenoxy) is 10. The average molecular weight is 977 g/mol. The molecule has 3 aliphatic rings. The summed E-state index contributed by atoms with van der Waals surface area (Å²) in [6.45, 7) is -0.0995. The molecular weight excluding hydrogens is 924 g/mol. The van der Waals surface area contributed by atoms with Gasteiger partial charge in [-0.15, -0.1) is 0 Å². The third-order valence-corrected chi connectivity index (χ3v) is 11.6. The van der Waals surface area contributed by atoms with Crippen molar-refractivity contribution in [2.45, 2.75) is 99.0 Å². The fourth-order valence-corrected chi connectivity index (χ4v) is 7.73. The highest BCUT2D eigenvalue weighted by atomic mass is 16.8. The molecule has 4 heterocycles. The van der Waals surface area contributed by atoms with Crippen molar-refractivity contribution in [3.63, 3.8) is 0 Å². The maximum Gasteiger partial charge on any atom is 0.330 e. The summed E-state index contributed by atoms with van der Waals surface area (Å²) in [5, 5.41) is 118. The number of aliphatic hydroxyl groups is 8. The van der Waals surface area contributed by atoms with Crippen molar-refractivity contribution in [2.24, 2.45) is 0 Å². The standard InChI is InChI=1S/C45H52O24/c1-17-30(49)35(54)38(57)43(64-17)63-16-27-33(52)37(56)42(45(67-27)68-41-34(53)29-22(47)13-21(59-2)14-23(29)65-40(41)19-6-8-20(46)9-7-19)69-44-39(58)36(55)32(51)26(66-44)15-62-28(48)10-5-18-11-24(60-3)31(50)25(12-18)61-4/h5-14,17,26-27,30,32-33,35-39,42-47,49-52,54-58H,15-16H2,1-4H3/b10-5+/t17-,26+,27+,30-,32+,33+,35+,36-,37-,38-,39+,42-,43+,44-,45-/m0/s1. The van der Waals surface area contributed by atoms with Crippen molar-refractivity contribution >= 4 is 23.0 Å². The Morgan fingerprint density at radius 3 is 1.94 bits per heavy atom. The van der Waals surface area contributed by atoms with Gasteiger partial charge in [0.05, 0.1) is 34.0 Å². The highest BCUT2D eigenvalue weighted by molar-refractivity contribution is 5.89. The molecule has 0 radical (unpaired) electrons. The first-order chi connectivity index (χ1) is 32.8. The normalized spacial score (nSPS) is 31.6. The molecule has 15 atom stereocenters. The van der Waals surface area contributed by atoms with Gasteiger partial charge in [-0.3, -0.25) is 4.79 Å². The Morgan fingerprint density at radius 2 is 1.29 bits per heavy atom. The van der Waals surface area contributed by atoms with Crippen molar-refractivity contribution < 1.29 is 113 Å². The van der Waals surface area contributed by atoms with E-state index in [9.17, 15) is 65.8 Å². The van der Waals surface area contributed by atoms with Crippen LogP contribution in [-0.4, -0.2) is 189 Å². The minimum absolute atomic E-state index is 0.0434. The number of carbonyl (C=O) groups excluding carboxylic acids is 1. The van der Waals surface area contributed by atoms with Gasteiger partial charge >= 0.3 is 5.97 Å². The van der Waals surface area contributed by atoms with Crippen LogP contribution in [0.25, 0.3) is 28.4 Å². The van der Waals surface area contributed by atoms with Crippen molar-refractivity contribution in [3.8, 4) is 51.6 Å². The van der Waals surface area contributed by atoms with Crippen LogP contribution in [0, 0.1) is 0 Å². The Morgan fingerprint density at radius 1 is 0.681 bits per heavy atom. The van der Waals surface area contributed by atoms with Crippen molar-refractivity contribution in [1.82, 2.24) is 0 Å². The zero-order valence-electron chi connectivity index (χ0n) is 37.1. The Kier molecular flexibility index (Phi) is 15.8. The third-order valence-electron chi connectivity index (χ3n) is 11.6. The second-order valence-corrected chi connectivity index (χ2v) is 16.2. The molecule has 0 aliphatic carbocycles. The molecule has 3 fully saturated rings. The number of aromatic hydroxyl groups is 3. The monoisotopic (exact) mass is 976 g/mol. The first-order valence-electron chi connectivity index (χ1n) is 21.2. The molecule has 0 saturated carbocycles. The van der Waals surface area contributed by atoms with Gasteiger partial charge in [-0.1, -0.05) is 0 Å². The van der Waals surface area contributed by atoms with Gasteiger partial charge in [-0.25, -0.2) is 4.79 Å². The van der Waals surface area contributed by atoms with E-state index in [1.54, 1.807) is 0 Å². The summed E-state index contributed by atoms with van der Waals surface area (Å²) in [7, 11) is 3.92. The van der Waals surface area contributed by atoms with Crippen LogP contribution in [0.15, 0.2) is 63.8 Å². The van der Waals surface area contributed by atoms with Crippen LogP contribution >= 0.6 is 0 Å². The summed E-state index contributed by atoms with van der Waals surface area (Å²) in [6.07, 6.45) is -25.0. The number of hydrogen-bond donors (Lipinski definition) is 11. The predicted molar refractivity (Wildman–Crippen MR) is 230 cm³/mol. The van der Waals surface area contributed by atoms with E-state index < -0.39 is 134 Å². The van der Waals surface area contributed by atoms with E-state index in [0.717, 1.165) is 12.1 Å². The van der Waals surface area contributed by atoms with E-state index in [4.69, 9.17) is 51.8 Å². The molecule has 69 heavy (non-hydrogen) atoms. The zero-order chi connectivity index (χ0) is 50.0. The molecule has 4 aromatic rings. The summed E-state index contributed by atoms with van der Waals surface area (Å²) in [6, 6.07) is 10.4. The summed E-state index contributed by atoms with van der Waals surface area (Å²) >= 11 is 0. The minimum atomic E-state index is -2.14. The number of fused-ring (bicyclic) bond motifs is 1. The lowest BCUT2D eigenvalue weighted by molar-refractivity contribution is -0.362. The van der Waals surface area contributed by atoms with E-state index >= 15 is 0 Å². The lowest BCUT2D eigenvalue weighted by Gasteiger charge is -2.46. The molecule has 1 aromatic heterocycles. The highest BCUT2D eigenvalue weighted by Gasteiger charge is 2.53. The average Bonchev–Trinajstić information content (AvgIpc) is 3.33. The summed E-state index contributed by atoms with van der Waals surface area (Å²) in [5.41, 5.74) is -0.743. The molecule has 24 heteroatoms. The van der Waals surface area contributed by atoms with E-state index in [-0.39, 0.29) is 45.7 Å². The number of methoxy groups -OCH3 is 3. The Hall–Kier alpha value is -5.84. The van der Waals surface area contributed by atoms with Crippen LogP contribution in [0.2, 0.25) is 0 Å². The molecular formula is C45H52O24. The van der Waals surface area contributed by atoms with E-state index in [0.29, 0.717) is 5.56 Å². The second kappa shape index (κ2) is 21.4. The maximum atomic E-state index is 14.4. The van der Waals surface area contributed by atoms with Gasteiger partial charge in [0.2, 0.25) is 23.2 Å². The Bertz CT molecular complexity index is 2490. The molecule has 11 N–H and O–H groups in total. The Balaban J connectivity index is 1.19. The number of hydrogen-bond acceptors (Lipinski definition) is 24. The predicted octanol–water partition coefficient (Wildman–Crippen LogP) is -1.28. The lowest BCUT2D eigenvalue weighted by Crippen LogP contribution is -2.65. The number of phenols is 3. The van der Waals surface area contributed by atoms with Gasteiger partial charge < -0.3 is 108 Å². The van der Waals surface area contributed by atoms with Gasteiger partial charge in [0.15, 0.2) is 35.9 Å². The van der Waals surface area contributed by atoms with Crippen molar-refractivity contribution in [3.05, 3.63) is 70.4 Å². The molecule has 24 nitrogen and oxygen atoms in total. The van der Waals surface area contributed by atoms with Crippen LogP contribution < -0.4 is 24.4 Å². The SMILES string of the molecule is COc1cc(O)c2c(=O)c(O[C@@H]3O[C@H](CO[C@@H]4O[C@@H](C)[C@H](O)[C@@H](O)[C@@H]4O)[C@@H](O)[C@H](O)[C@@H]3O[C@@H]3O[C@H](COC(=O)/C=C/c4cc(OC)c(O)c(OC)c4)[C@@H](O)[C@H](O)[C@H]3O)c(-c3ccc(O)cc3)oc2c1. The van der Waals surface area contributed by atoms with Gasteiger partial charge in [0, 0.05) is 23.8 Å². The summed E-state index contributed by atoms with van der Waals surface area (Å²) in [4.78, 5) is 27.2. The van der Waals surface area contributed by atoms with E-state index in [1.165, 1.54) is 76.8 Å². The fourth-order valence-electron chi connectivity index (χ4n) is 7.73. The molecule has 0 spiro atoms. The van der Waals surface area contributed by atoms with Crippen molar-refractivity contribution in [2.75, 3.05) is 34.5 Å². The Labute approximate surface area is 390 Å². The molecule has 0 amide bonds. The number of aliphatic hydroxyl groups excluding tert-OH is 8. The van der Waals surface area contributed by atoms with Crippen molar-refractivity contribution in [1.29, 1.82) is 0 Å². The third kappa shape index (κ3) is 10.7. The maximum absolute atomic E-state index is 14.4. The molecule has 3 saturated heterocycles. The van der Waals surface area contributed by atoms with Crippen LogP contribution in [0.5, 0.6) is 40.2 Å². The smallest absolute Gasteiger partial charge is 0.330 e. The number of phenolic OH excluding ortho intramolecular Hbond substituents is 3. The van der Waals surface area contributed by atoms with Crippen LogP contribution in [0.1, 0.15) is 12.5 Å². The van der Waals surface area contributed by atoms with Gasteiger partial charge in [0.25, 0.3) is 0 Å². The first-order valence-corrected chi connectivity index (χ1v) is 21.2. The quantitative estimate of drug-likeness (QED) is 0.0488. The molecule has 0 unspecified atom stereocenters. The summed E-state index contributed by atoms with van der Waals surface area (Å²) in [5.74, 6) is -2.89. The number of carbonyl (C=O) groups is 1. The highest BCUT2D eigenvalue weighted by Crippen LogP contribution is 2.40. The van der Waals surface area contributed by atoms with Gasteiger partial charge in [0.1, 0.15) is 95.9 Å². The molecule has 3 aromatic carbocycles. The molecule has 3 aliphatic heterocycles. The minimum Gasteiger partial charge on any atom is -0.508 e. The van der Waals surface area contributed by atoms with Crippen LogP contribution in [0.4, 0.5) is 0 Å².